The average molecular weight is 364 g/mol. The molecule has 1 atom stereocenters. The fraction of sp³-hybridized carbons (Fsp3) is 0.235. The highest BCUT2D eigenvalue weighted by molar-refractivity contribution is 9.10. The molecule has 2 aromatic rings. The number of nitrogens with one attached hydrogen (secondary N) is 1. The smallest absolute Gasteiger partial charge is 0.251 e. The van der Waals surface area contributed by atoms with E-state index >= 15 is 0 Å². The number of methoxy groups -OCH3 is 2. The first kappa shape index (κ1) is 16.5. The Morgan fingerprint density at radius 3 is 2.64 bits per heavy atom. The summed E-state index contributed by atoms with van der Waals surface area (Å²) in [4.78, 5) is 12.2. The van der Waals surface area contributed by atoms with E-state index in [2.05, 4.69) is 21.2 Å². The summed E-state index contributed by atoms with van der Waals surface area (Å²) in [5.74, 6) is 0.629. The van der Waals surface area contributed by atoms with Gasteiger partial charge in [-0.2, -0.15) is 0 Å². The molecule has 0 radical (unpaired) electrons. The van der Waals surface area contributed by atoms with Gasteiger partial charge in [0, 0.05) is 23.7 Å². The second kappa shape index (κ2) is 7.96. The van der Waals surface area contributed by atoms with Gasteiger partial charge in [-0.05, 0) is 35.9 Å². The summed E-state index contributed by atoms with van der Waals surface area (Å²) in [6.07, 6.45) is -0.230. The molecule has 5 heteroatoms. The van der Waals surface area contributed by atoms with Crippen molar-refractivity contribution in [2.75, 3.05) is 20.8 Å². The van der Waals surface area contributed by atoms with Crippen LogP contribution in [-0.4, -0.2) is 26.7 Å². The van der Waals surface area contributed by atoms with Crippen molar-refractivity contribution in [2.45, 2.75) is 6.10 Å². The average Bonchev–Trinajstić information content (AvgIpc) is 2.55. The standard InChI is InChI=1S/C17H18BrNO3/c1-21-15-8-4-5-12(10-15)16(22-2)11-19-17(20)13-6-3-7-14(18)9-13/h3-10,16H,11H2,1-2H3,(H,19,20)/t16-/m1/s1. The molecular formula is C17H18BrNO3. The summed E-state index contributed by atoms with van der Waals surface area (Å²) in [6, 6.07) is 14.9. The second-order valence-electron chi connectivity index (χ2n) is 4.72. The Bertz CT molecular complexity index is 645. The lowest BCUT2D eigenvalue weighted by atomic mass is 10.1. The molecule has 22 heavy (non-hydrogen) atoms. The zero-order valence-corrected chi connectivity index (χ0v) is 14.1. The molecule has 1 amide bonds. The predicted octanol–water partition coefficient (Wildman–Crippen LogP) is 3.58. The number of rotatable bonds is 6. The van der Waals surface area contributed by atoms with E-state index in [1.54, 1.807) is 26.4 Å². The molecule has 0 spiro atoms. The van der Waals surface area contributed by atoms with Crippen LogP contribution in [0.25, 0.3) is 0 Å². The van der Waals surface area contributed by atoms with Crippen LogP contribution >= 0.6 is 15.9 Å². The van der Waals surface area contributed by atoms with Crippen LogP contribution in [0.15, 0.2) is 53.0 Å². The summed E-state index contributed by atoms with van der Waals surface area (Å²) in [6.45, 7) is 0.384. The molecule has 116 valence electrons. The summed E-state index contributed by atoms with van der Waals surface area (Å²) in [5.41, 5.74) is 1.56. The minimum Gasteiger partial charge on any atom is -0.497 e. The van der Waals surface area contributed by atoms with Gasteiger partial charge in [0.2, 0.25) is 0 Å². The van der Waals surface area contributed by atoms with Crippen molar-refractivity contribution in [1.29, 1.82) is 0 Å². The quantitative estimate of drug-likeness (QED) is 0.853. The molecule has 0 unspecified atom stereocenters. The van der Waals surface area contributed by atoms with Crippen molar-refractivity contribution in [2.24, 2.45) is 0 Å². The normalized spacial score (nSPS) is 11.8. The van der Waals surface area contributed by atoms with Crippen molar-refractivity contribution >= 4 is 21.8 Å². The number of carbonyl (C=O) groups is 1. The monoisotopic (exact) mass is 363 g/mol. The van der Waals surface area contributed by atoms with Crippen LogP contribution in [0.2, 0.25) is 0 Å². The molecular weight excluding hydrogens is 346 g/mol. The van der Waals surface area contributed by atoms with Crippen LogP contribution < -0.4 is 10.1 Å². The van der Waals surface area contributed by atoms with E-state index in [0.717, 1.165) is 15.8 Å². The zero-order valence-electron chi connectivity index (χ0n) is 12.5. The predicted molar refractivity (Wildman–Crippen MR) is 89.2 cm³/mol. The third-order valence-corrected chi connectivity index (χ3v) is 3.78. The van der Waals surface area contributed by atoms with Crippen LogP contribution in [0.4, 0.5) is 0 Å². The van der Waals surface area contributed by atoms with Gasteiger partial charge in [0.25, 0.3) is 5.91 Å². The minimum atomic E-state index is -0.230. The second-order valence-corrected chi connectivity index (χ2v) is 5.64. The van der Waals surface area contributed by atoms with Gasteiger partial charge in [-0.1, -0.05) is 34.1 Å². The molecule has 1 N–H and O–H groups in total. The number of carbonyl (C=O) groups excluding carboxylic acids is 1. The number of amides is 1. The van der Waals surface area contributed by atoms with Crippen molar-refractivity contribution < 1.29 is 14.3 Å². The van der Waals surface area contributed by atoms with Gasteiger partial charge >= 0.3 is 0 Å². The zero-order chi connectivity index (χ0) is 15.9. The van der Waals surface area contributed by atoms with Crippen molar-refractivity contribution in [3.63, 3.8) is 0 Å². The maximum atomic E-state index is 12.2. The maximum absolute atomic E-state index is 12.2. The van der Waals surface area contributed by atoms with Crippen molar-refractivity contribution in [1.82, 2.24) is 5.32 Å². The summed E-state index contributed by atoms with van der Waals surface area (Å²) in [5, 5.41) is 2.89. The van der Waals surface area contributed by atoms with E-state index < -0.39 is 0 Å². The first-order valence-electron chi connectivity index (χ1n) is 6.84. The van der Waals surface area contributed by atoms with Crippen LogP contribution in [0, 0.1) is 0 Å². The summed E-state index contributed by atoms with van der Waals surface area (Å²) < 4.78 is 11.5. The Balaban J connectivity index is 2.03. The van der Waals surface area contributed by atoms with Crippen molar-refractivity contribution in [3.8, 4) is 5.75 Å². The molecule has 0 aromatic heterocycles. The van der Waals surface area contributed by atoms with Gasteiger partial charge in [0.1, 0.15) is 5.75 Å². The largest absolute Gasteiger partial charge is 0.497 e. The van der Waals surface area contributed by atoms with E-state index in [0.29, 0.717) is 12.1 Å². The molecule has 0 heterocycles. The lowest BCUT2D eigenvalue weighted by Crippen LogP contribution is -2.29. The van der Waals surface area contributed by atoms with E-state index in [4.69, 9.17) is 9.47 Å². The molecule has 0 saturated heterocycles. The van der Waals surface area contributed by atoms with Gasteiger partial charge in [-0.25, -0.2) is 0 Å². The molecule has 2 aromatic carbocycles. The number of ether oxygens (including phenoxy) is 2. The third-order valence-electron chi connectivity index (χ3n) is 3.28. The minimum absolute atomic E-state index is 0.133. The lowest BCUT2D eigenvalue weighted by Gasteiger charge is -2.17. The number of halogens is 1. The Labute approximate surface area is 138 Å². The highest BCUT2D eigenvalue weighted by Gasteiger charge is 2.14. The molecule has 0 bridgehead atoms. The summed E-state index contributed by atoms with van der Waals surface area (Å²) >= 11 is 3.36. The van der Waals surface area contributed by atoms with Gasteiger partial charge < -0.3 is 14.8 Å². The fourth-order valence-electron chi connectivity index (χ4n) is 2.10. The Morgan fingerprint density at radius 1 is 1.18 bits per heavy atom. The van der Waals surface area contributed by atoms with Crippen LogP contribution in [0.5, 0.6) is 5.75 Å². The van der Waals surface area contributed by atoms with Crippen LogP contribution in [0.1, 0.15) is 22.0 Å². The first-order chi connectivity index (χ1) is 10.6. The van der Waals surface area contributed by atoms with Gasteiger partial charge in [-0.15, -0.1) is 0 Å². The van der Waals surface area contributed by atoms with E-state index in [1.165, 1.54) is 0 Å². The number of benzene rings is 2. The van der Waals surface area contributed by atoms with Crippen molar-refractivity contribution in [3.05, 3.63) is 64.1 Å². The molecule has 0 fully saturated rings. The number of hydrogen-bond donors (Lipinski definition) is 1. The SMILES string of the molecule is COc1cccc([C@@H](CNC(=O)c2cccc(Br)c2)OC)c1. The molecule has 0 aliphatic heterocycles. The Kier molecular flexibility index (Phi) is 5.98. The van der Waals surface area contributed by atoms with E-state index in [1.807, 2.05) is 36.4 Å². The number of hydrogen-bond acceptors (Lipinski definition) is 3. The summed E-state index contributed by atoms with van der Waals surface area (Å²) in [7, 11) is 3.24. The van der Waals surface area contributed by atoms with Crippen LogP contribution in [-0.2, 0) is 4.74 Å². The molecule has 2 rings (SSSR count). The lowest BCUT2D eigenvalue weighted by molar-refractivity contribution is 0.0827. The van der Waals surface area contributed by atoms with Gasteiger partial charge in [0.05, 0.1) is 13.2 Å². The topological polar surface area (TPSA) is 47.6 Å². The highest BCUT2D eigenvalue weighted by Crippen LogP contribution is 2.21. The molecule has 0 aliphatic rings. The van der Waals surface area contributed by atoms with Gasteiger partial charge in [0.15, 0.2) is 0 Å². The Hall–Kier alpha value is -1.85. The van der Waals surface area contributed by atoms with E-state index in [9.17, 15) is 4.79 Å². The fourth-order valence-corrected chi connectivity index (χ4v) is 2.50. The van der Waals surface area contributed by atoms with Crippen LogP contribution in [0.3, 0.4) is 0 Å². The van der Waals surface area contributed by atoms with Gasteiger partial charge in [-0.3, -0.25) is 4.79 Å². The molecule has 0 saturated carbocycles. The highest BCUT2D eigenvalue weighted by atomic mass is 79.9. The first-order valence-corrected chi connectivity index (χ1v) is 7.64. The third kappa shape index (κ3) is 4.32. The maximum Gasteiger partial charge on any atom is 0.251 e. The molecule has 4 nitrogen and oxygen atoms in total. The molecule has 0 aliphatic carbocycles. The Morgan fingerprint density at radius 2 is 1.95 bits per heavy atom. The van der Waals surface area contributed by atoms with E-state index in [-0.39, 0.29) is 12.0 Å².